The Hall–Kier alpha value is -2.60. The van der Waals surface area contributed by atoms with Crippen LogP contribution in [0.15, 0.2) is 12.4 Å². The maximum atomic E-state index is 11.1. The predicted octanol–water partition coefficient (Wildman–Crippen LogP) is 0.172. The summed E-state index contributed by atoms with van der Waals surface area (Å²) < 4.78 is 7.50. The van der Waals surface area contributed by atoms with Crippen molar-refractivity contribution in [3.05, 3.63) is 28.3 Å². The molecule has 0 saturated carbocycles. The smallest absolute Gasteiger partial charge is 0.343 e. The van der Waals surface area contributed by atoms with Crippen molar-refractivity contribution in [1.29, 1.82) is 0 Å². The molecule has 0 atom stereocenters. The third kappa shape index (κ3) is 4.20. The highest BCUT2D eigenvalue weighted by atomic mass is 32.2. The predicted molar refractivity (Wildman–Crippen MR) is 79.9 cm³/mol. The second-order valence-electron chi connectivity index (χ2n) is 4.38. The third-order valence-corrected chi connectivity index (χ3v) is 3.50. The molecule has 0 saturated heterocycles. The van der Waals surface area contributed by atoms with Crippen LogP contribution in [0.3, 0.4) is 0 Å². The number of nitrogens with zero attached hydrogens (tertiary/aromatic N) is 4. The first-order chi connectivity index (χ1) is 10.9. The number of nitrogens with one attached hydrogen (secondary N) is 2. The van der Waals surface area contributed by atoms with Gasteiger partial charge in [0.15, 0.2) is 0 Å². The summed E-state index contributed by atoms with van der Waals surface area (Å²) in [6.45, 7) is 2.68. The fourth-order valence-corrected chi connectivity index (χ4v) is 2.61. The maximum absolute atomic E-state index is 11.1. The molecule has 1 amide bonds. The molecule has 124 valence electrons. The van der Waals surface area contributed by atoms with E-state index in [1.807, 2.05) is 0 Å². The number of hydrazine groups is 2. The summed E-state index contributed by atoms with van der Waals surface area (Å²) in [7, 11) is 0. The molecule has 1 aliphatic rings. The van der Waals surface area contributed by atoms with Crippen molar-refractivity contribution < 1.29 is 19.2 Å². The molecule has 1 aromatic heterocycles. The van der Waals surface area contributed by atoms with Gasteiger partial charge in [0.2, 0.25) is 11.7 Å². The molecule has 0 radical (unpaired) electrons. The van der Waals surface area contributed by atoms with E-state index in [1.54, 1.807) is 6.20 Å². The second-order valence-corrected chi connectivity index (χ2v) is 5.37. The molecule has 23 heavy (non-hydrogen) atoms. The van der Waals surface area contributed by atoms with Crippen LogP contribution >= 0.6 is 11.9 Å². The van der Waals surface area contributed by atoms with Gasteiger partial charge in [-0.05, 0) is 4.92 Å². The van der Waals surface area contributed by atoms with Crippen LogP contribution < -0.4 is 10.9 Å². The van der Waals surface area contributed by atoms with Crippen molar-refractivity contribution in [3.8, 4) is 0 Å². The fourth-order valence-electron chi connectivity index (χ4n) is 1.78. The van der Waals surface area contributed by atoms with Crippen molar-refractivity contribution in [2.24, 2.45) is 0 Å². The minimum Gasteiger partial charge on any atom is -0.462 e. The first-order valence-electron chi connectivity index (χ1n) is 6.43. The molecule has 2 heterocycles. The summed E-state index contributed by atoms with van der Waals surface area (Å²) in [5.74, 6) is -0.632. The number of amides is 1. The molecule has 0 fully saturated rings. The average molecular weight is 342 g/mol. The first-order valence-corrected chi connectivity index (χ1v) is 7.21. The number of esters is 1. The Kier molecular flexibility index (Phi) is 5.18. The zero-order valence-corrected chi connectivity index (χ0v) is 13.1. The van der Waals surface area contributed by atoms with Crippen LogP contribution in [0, 0.1) is 10.1 Å². The van der Waals surface area contributed by atoms with Crippen molar-refractivity contribution in [3.63, 3.8) is 0 Å². The van der Waals surface area contributed by atoms with E-state index in [0.717, 1.165) is 18.1 Å². The van der Waals surface area contributed by atoms with Crippen LogP contribution in [-0.4, -0.2) is 37.5 Å². The Bertz CT molecular complexity index is 672. The molecule has 0 unspecified atom stereocenters. The Morgan fingerprint density at radius 1 is 1.52 bits per heavy atom. The van der Waals surface area contributed by atoms with E-state index < -0.39 is 10.9 Å². The molecule has 1 aliphatic heterocycles. The second kappa shape index (κ2) is 7.11. The zero-order chi connectivity index (χ0) is 17.0. The molecule has 11 nitrogen and oxygen atoms in total. The highest BCUT2D eigenvalue weighted by molar-refractivity contribution is 8.06. The summed E-state index contributed by atoms with van der Waals surface area (Å²) in [6.07, 6.45) is 2.68. The van der Waals surface area contributed by atoms with Crippen LogP contribution in [-0.2, 0) is 20.9 Å². The molecular formula is C11H14N6O5S. The molecule has 0 aliphatic carbocycles. The molecule has 12 heteroatoms. The van der Waals surface area contributed by atoms with Crippen LogP contribution in [0.2, 0.25) is 0 Å². The Labute approximate surface area is 134 Å². The molecule has 0 spiro atoms. The largest absolute Gasteiger partial charge is 0.462 e. The number of imidazole rings is 1. The molecule has 1 aromatic rings. The quantitative estimate of drug-likeness (QED) is 0.321. The summed E-state index contributed by atoms with van der Waals surface area (Å²) in [5.41, 5.74) is 5.27. The van der Waals surface area contributed by atoms with Gasteiger partial charge in [-0.3, -0.25) is 20.4 Å². The van der Waals surface area contributed by atoms with E-state index in [4.69, 9.17) is 4.74 Å². The van der Waals surface area contributed by atoms with Gasteiger partial charge in [-0.25, -0.2) is 9.55 Å². The number of ether oxygens (including phenoxy) is 1. The van der Waals surface area contributed by atoms with Gasteiger partial charge in [-0.15, -0.1) is 0 Å². The Balaban J connectivity index is 2.17. The van der Waals surface area contributed by atoms with Gasteiger partial charge in [0.1, 0.15) is 24.3 Å². The summed E-state index contributed by atoms with van der Waals surface area (Å²) in [6, 6.07) is 0. The first kappa shape index (κ1) is 16.8. The summed E-state index contributed by atoms with van der Waals surface area (Å²) in [5, 5.41) is 11.1. The third-order valence-electron chi connectivity index (χ3n) is 2.62. The number of hydrogen-bond acceptors (Lipinski definition) is 9. The van der Waals surface area contributed by atoms with Crippen LogP contribution in [0.5, 0.6) is 0 Å². The van der Waals surface area contributed by atoms with Crippen molar-refractivity contribution in [2.45, 2.75) is 20.4 Å². The van der Waals surface area contributed by atoms with Gasteiger partial charge >= 0.3 is 11.8 Å². The lowest BCUT2D eigenvalue weighted by atomic mass is 10.5. The van der Waals surface area contributed by atoms with Crippen molar-refractivity contribution in [1.82, 2.24) is 24.9 Å². The molecular weight excluding hydrogens is 328 g/mol. The van der Waals surface area contributed by atoms with Crippen molar-refractivity contribution >= 4 is 34.5 Å². The summed E-state index contributed by atoms with van der Waals surface area (Å²) in [4.78, 5) is 37.0. The lowest BCUT2D eigenvalue weighted by Gasteiger charge is -2.13. The van der Waals surface area contributed by atoms with Gasteiger partial charge < -0.3 is 14.9 Å². The standard InChI is InChI=1S/C11H14N6O5S/c1-7(18)14-17-13-5-9(23-17)11-12-6-10(16(20)21)15(11)3-4-22-8(2)19/h5-6,13H,3-4H2,1-2H3,(H,14,18). The fraction of sp³-hybridized carbons (Fsp3) is 0.364. The van der Waals surface area contributed by atoms with Gasteiger partial charge in [0.25, 0.3) is 0 Å². The number of rotatable bonds is 6. The SMILES string of the molecule is CC(=O)NN1NC=C(c2ncc([N+](=O)[O-])n2CCOC(C)=O)S1. The van der Waals surface area contributed by atoms with Crippen LogP contribution in [0.1, 0.15) is 19.7 Å². The highest BCUT2D eigenvalue weighted by Crippen LogP contribution is 2.33. The van der Waals surface area contributed by atoms with Gasteiger partial charge in [-0.1, -0.05) is 4.52 Å². The molecule has 2 N–H and O–H groups in total. The maximum Gasteiger partial charge on any atom is 0.343 e. The van der Waals surface area contributed by atoms with Gasteiger partial charge in [0, 0.05) is 32.0 Å². The minimum absolute atomic E-state index is 0.0136. The monoisotopic (exact) mass is 342 g/mol. The topological polar surface area (TPSA) is 132 Å². The Morgan fingerprint density at radius 2 is 2.26 bits per heavy atom. The Morgan fingerprint density at radius 3 is 2.87 bits per heavy atom. The van der Waals surface area contributed by atoms with E-state index in [0.29, 0.717) is 10.7 Å². The van der Waals surface area contributed by atoms with E-state index >= 15 is 0 Å². The average Bonchev–Trinajstić information content (AvgIpc) is 3.04. The van der Waals surface area contributed by atoms with Crippen LogP contribution in [0.25, 0.3) is 4.91 Å². The minimum atomic E-state index is -0.566. The van der Waals surface area contributed by atoms with Gasteiger partial charge in [-0.2, -0.15) is 0 Å². The normalized spacial score (nSPS) is 14.1. The van der Waals surface area contributed by atoms with E-state index in [9.17, 15) is 19.7 Å². The lowest BCUT2D eigenvalue weighted by molar-refractivity contribution is -0.392. The van der Waals surface area contributed by atoms with Gasteiger partial charge in [0.05, 0.1) is 0 Å². The lowest BCUT2D eigenvalue weighted by Crippen LogP contribution is -2.40. The number of nitro groups is 1. The zero-order valence-electron chi connectivity index (χ0n) is 12.3. The highest BCUT2D eigenvalue weighted by Gasteiger charge is 2.28. The van der Waals surface area contributed by atoms with E-state index in [1.165, 1.54) is 22.9 Å². The van der Waals surface area contributed by atoms with E-state index in [-0.39, 0.29) is 24.9 Å². The molecule has 0 bridgehead atoms. The molecule has 0 aromatic carbocycles. The van der Waals surface area contributed by atoms with E-state index in [2.05, 4.69) is 15.8 Å². The number of carbonyl (C=O) groups is 2. The molecule has 2 rings (SSSR count). The number of carbonyl (C=O) groups excluding carboxylic acids is 2. The van der Waals surface area contributed by atoms with Crippen molar-refractivity contribution in [2.75, 3.05) is 6.61 Å². The summed E-state index contributed by atoms with van der Waals surface area (Å²) >= 11 is 1.11. The number of hydrogen-bond donors (Lipinski definition) is 2. The number of aromatic nitrogens is 2. The van der Waals surface area contributed by atoms with Crippen LogP contribution in [0.4, 0.5) is 5.82 Å².